The Hall–Kier alpha value is -2.13. The second-order valence-electron chi connectivity index (χ2n) is 3.96. The quantitative estimate of drug-likeness (QED) is 0.563. The number of nitrogens with two attached hydrogens (primary N) is 1. The Morgan fingerprint density at radius 1 is 1.23 bits per heavy atom. The van der Waals surface area contributed by atoms with E-state index in [-0.39, 0.29) is 0 Å². The van der Waals surface area contributed by atoms with Crippen molar-refractivity contribution in [3.8, 4) is 5.75 Å². The van der Waals surface area contributed by atoms with Crippen LogP contribution >= 0.6 is 15.9 Å². The summed E-state index contributed by atoms with van der Waals surface area (Å²) in [5.41, 5.74) is 6.06. The van der Waals surface area contributed by atoms with E-state index in [9.17, 15) is 4.79 Å². The SMILES string of the molecule is CCCOc1ccc(Br)cc1C(N)C(=O)O.O=C(O)C(=O)O. The van der Waals surface area contributed by atoms with Crippen LogP contribution in [0.4, 0.5) is 0 Å². The molecule has 0 radical (unpaired) electrons. The van der Waals surface area contributed by atoms with Crippen LogP contribution in [0, 0.1) is 0 Å². The van der Waals surface area contributed by atoms with Gasteiger partial charge < -0.3 is 25.8 Å². The van der Waals surface area contributed by atoms with Crippen LogP contribution in [0.25, 0.3) is 0 Å². The van der Waals surface area contributed by atoms with Gasteiger partial charge in [-0.15, -0.1) is 0 Å². The number of rotatable bonds is 5. The van der Waals surface area contributed by atoms with Crippen LogP contribution in [-0.4, -0.2) is 39.8 Å². The van der Waals surface area contributed by atoms with E-state index in [1.165, 1.54) is 0 Å². The molecule has 0 amide bonds. The molecule has 1 rings (SSSR count). The number of benzene rings is 1. The minimum absolute atomic E-state index is 0.482. The van der Waals surface area contributed by atoms with Gasteiger partial charge in [-0.1, -0.05) is 22.9 Å². The number of carboxylic acid groups (broad SMARTS) is 3. The number of hydrogen-bond donors (Lipinski definition) is 4. The first-order chi connectivity index (χ1) is 10.2. The number of carboxylic acids is 3. The van der Waals surface area contributed by atoms with E-state index in [1.807, 2.05) is 6.92 Å². The third kappa shape index (κ3) is 7.04. The van der Waals surface area contributed by atoms with Gasteiger partial charge in [0.1, 0.15) is 11.8 Å². The molecular weight excluding hydrogens is 362 g/mol. The van der Waals surface area contributed by atoms with Crippen molar-refractivity contribution in [2.45, 2.75) is 19.4 Å². The van der Waals surface area contributed by atoms with Crippen LogP contribution < -0.4 is 10.5 Å². The molecule has 0 aromatic heterocycles. The number of ether oxygens (including phenoxy) is 1. The van der Waals surface area contributed by atoms with Crippen molar-refractivity contribution < 1.29 is 34.4 Å². The Balaban J connectivity index is 0.000000626. The summed E-state index contributed by atoms with van der Waals surface area (Å²) in [6.45, 7) is 2.52. The standard InChI is InChI=1S/C11H14BrNO3.C2H2O4/c1-2-5-16-9-4-3-7(12)6-8(9)10(13)11(14)15;3-1(4)2(5)6/h3-4,6,10H,2,5,13H2,1H3,(H,14,15);(H,3,4)(H,5,6). The Morgan fingerprint density at radius 3 is 2.18 bits per heavy atom. The summed E-state index contributed by atoms with van der Waals surface area (Å²) < 4.78 is 6.23. The summed E-state index contributed by atoms with van der Waals surface area (Å²) >= 11 is 3.28. The fraction of sp³-hybridized carbons (Fsp3) is 0.308. The monoisotopic (exact) mass is 377 g/mol. The van der Waals surface area contributed by atoms with Crippen molar-refractivity contribution in [3.05, 3.63) is 28.2 Å². The van der Waals surface area contributed by atoms with Gasteiger partial charge in [0.25, 0.3) is 0 Å². The molecule has 0 fully saturated rings. The molecule has 5 N–H and O–H groups in total. The number of aliphatic carboxylic acids is 3. The zero-order valence-corrected chi connectivity index (χ0v) is 13.2. The molecule has 1 atom stereocenters. The molecule has 0 aliphatic carbocycles. The van der Waals surface area contributed by atoms with E-state index in [4.69, 9.17) is 35.4 Å². The van der Waals surface area contributed by atoms with Crippen LogP contribution in [0.1, 0.15) is 24.9 Å². The zero-order valence-electron chi connectivity index (χ0n) is 11.7. The molecule has 0 aliphatic rings. The van der Waals surface area contributed by atoms with Gasteiger partial charge in [-0.25, -0.2) is 9.59 Å². The number of hydrogen-bond acceptors (Lipinski definition) is 5. The molecule has 1 unspecified atom stereocenters. The van der Waals surface area contributed by atoms with Gasteiger partial charge in [-0.3, -0.25) is 4.79 Å². The molecule has 0 saturated carbocycles. The highest BCUT2D eigenvalue weighted by Gasteiger charge is 2.19. The first-order valence-corrected chi connectivity index (χ1v) is 6.86. The average Bonchev–Trinajstić information content (AvgIpc) is 2.45. The Bertz CT molecular complexity index is 535. The molecule has 0 spiro atoms. The van der Waals surface area contributed by atoms with E-state index in [0.717, 1.165) is 10.9 Å². The summed E-state index contributed by atoms with van der Waals surface area (Å²) in [5, 5.41) is 23.7. The molecule has 1 aromatic carbocycles. The third-order valence-corrected chi connectivity index (χ3v) is 2.71. The highest BCUT2D eigenvalue weighted by Crippen LogP contribution is 2.27. The van der Waals surface area contributed by atoms with Crippen molar-refractivity contribution in [3.63, 3.8) is 0 Å². The van der Waals surface area contributed by atoms with Gasteiger partial charge in [0.15, 0.2) is 0 Å². The van der Waals surface area contributed by atoms with Crippen molar-refractivity contribution in [1.29, 1.82) is 0 Å². The molecule has 22 heavy (non-hydrogen) atoms. The third-order valence-electron chi connectivity index (χ3n) is 2.22. The fourth-order valence-corrected chi connectivity index (χ4v) is 1.62. The van der Waals surface area contributed by atoms with Gasteiger partial charge >= 0.3 is 17.9 Å². The first-order valence-electron chi connectivity index (χ1n) is 6.07. The maximum atomic E-state index is 10.8. The van der Waals surface area contributed by atoms with Crippen LogP contribution in [-0.2, 0) is 14.4 Å². The second-order valence-corrected chi connectivity index (χ2v) is 4.87. The molecular formula is C13H16BrNO7. The Labute approximate surface area is 134 Å². The lowest BCUT2D eigenvalue weighted by atomic mass is 10.1. The topological polar surface area (TPSA) is 147 Å². The summed E-state index contributed by atoms with van der Waals surface area (Å²) in [4.78, 5) is 29.0. The molecule has 9 heteroatoms. The molecule has 122 valence electrons. The van der Waals surface area contributed by atoms with Gasteiger partial charge in [0.2, 0.25) is 0 Å². The predicted molar refractivity (Wildman–Crippen MR) is 79.8 cm³/mol. The Morgan fingerprint density at radius 2 is 1.77 bits per heavy atom. The minimum Gasteiger partial charge on any atom is -0.493 e. The minimum atomic E-state index is -1.82. The summed E-state index contributed by atoms with van der Waals surface area (Å²) in [5.74, 6) is -4.19. The smallest absolute Gasteiger partial charge is 0.414 e. The highest BCUT2D eigenvalue weighted by molar-refractivity contribution is 9.10. The van der Waals surface area contributed by atoms with E-state index >= 15 is 0 Å². The summed E-state index contributed by atoms with van der Waals surface area (Å²) in [7, 11) is 0. The lowest BCUT2D eigenvalue weighted by Gasteiger charge is -2.14. The molecule has 8 nitrogen and oxygen atoms in total. The lowest BCUT2D eigenvalue weighted by molar-refractivity contribution is -0.159. The number of carbonyl (C=O) groups is 3. The van der Waals surface area contributed by atoms with Crippen molar-refractivity contribution in [2.75, 3.05) is 6.61 Å². The molecule has 0 saturated heterocycles. The van der Waals surface area contributed by atoms with E-state index < -0.39 is 23.9 Å². The van der Waals surface area contributed by atoms with Crippen molar-refractivity contribution in [1.82, 2.24) is 0 Å². The molecule has 0 aliphatic heterocycles. The number of halogens is 1. The average molecular weight is 378 g/mol. The normalized spacial score (nSPS) is 10.9. The van der Waals surface area contributed by atoms with Crippen molar-refractivity contribution >= 4 is 33.8 Å². The van der Waals surface area contributed by atoms with Gasteiger partial charge in [-0.2, -0.15) is 0 Å². The van der Waals surface area contributed by atoms with Crippen LogP contribution in [0.2, 0.25) is 0 Å². The van der Waals surface area contributed by atoms with Gasteiger partial charge in [0, 0.05) is 10.0 Å². The maximum absolute atomic E-state index is 10.8. The van der Waals surface area contributed by atoms with Crippen LogP contribution in [0.15, 0.2) is 22.7 Å². The second kappa shape index (κ2) is 9.74. The Kier molecular flexibility index (Phi) is 8.80. The molecule has 0 bridgehead atoms. The van der Waals surface area contributed by atoms with Gasteiger partial charge in [0.05, 0.1) is 6.61 Å². The largest absolute Gasteiger partial charge is 0.493 e. The van der Waals surface area contributed by atoms with Crippen LogP contribution in [0.3, 0.4) is 0 Å². The summed E-state index contributed by atoms with van der Waals surface area (Å²) in [6.07, 6.45) is 0.859. The first kappa shape index (κ1) is 19.9. The predicted octanol–water partition coefficient (Wildman–Crippen LogP) is 1.48. The van der Waals surface area contributed by atoms with E-state index in [0.29, 0.717) is 17.9 Å². The van der Waals surface area contributed by atoms with Crippen LogP contribution in [0.5, 0.6) is 5.75 Å². The summed E-state index contributed by atoms with van der Waals surface area (Å²) in [6, 6.07) is 4.12. The fourth-order valence-electron chi connectivity index (χ4n) is 1.24. The highest BCUT2D eigenvalue weighted by atomic mass is 79.9. The van der Waals surface area contributed by atoms with Crippen molar-refractivity contribution in [2.24, 2.45) is 5.73 Å². The van der Waals surface area contributed by atoms with E-state index in [2.05, 4.69) is 15.9 Å². The molecule has 0 heterocycles. The van der Waals surface area contributed by atoms with E-state index in [1.54, 1.807) is 18.2 Å². The zero-order chi connectivity index (χ0) is 17.3. The lowest BCUT2D eigenvalue weighted by Crippen LogP contribution is -2.21. The maximum Gasteiger partial charge on any atom is 0.414 e. The van der Waals surface area contributed by atoms with Gasteiger partial charge in [-0.05, 0) is 24.6 Å². The molecule has 1 aromatic rings.